The van der Waals surface area contributed by atoms with Gasteiger partial charge in [-0.2, -0.15) is 5.10 Å². The van der Waals surface area contributed by atoms with Crippen LogP contribution in [0.5, 0.6) is 0 Å². The van der Waals surface area contributed by atoms with Crippen LogP contribution in [-0.4, -0.2) is 33.5 Å². The largest absolute Gasteiger partial charge is 0.382 e. The Morgan fingerprint density at radius 2 is 2.05 bits per heavy atom. The van der Waals surface area contributed by atoms with Crippen LogP contribution in [-0.2, 0) is 0 Å². The van der Waals surface area contributed by atoms with Crippen molar-refractivity contribution in [1.29, 1.82) is 0 Å². The minimum atomic E-state index is 0.423. The number of hydrogen-bond acceptors (Lipinski definition) is 5. The lowest BCUT2D eigenvalue weighted by atomic mass is 9.93. The molecular formula is C12H15ClN6. The molecule has 0 aliphatic carbocycles. The first-order chi connectivity index (χ1) is 9.22. The minimum Gasteiger partial charge on any atom is -0.382 e. The fraction of sp³-hybridized carbons (Fsp3) is 0.417. The van der Waals surface area contributed by atoms with Crippen molar-refractivity contribution in [2.24, 2.45) is 0 Å². The summed E-state index contributed by atoms with van der Waals surface area (Å²) in [6.07, 6.45) is 2.10. The Bertz CT molecular complexity index is 544. The molecule has 100 valence electrons. The first-order valence-corrected chi connectivity index (χ1v) is 6.65. The molecule has 19 heavy (non-hydrogen) atoms. The van der Waals surface area contributed by atoms with E-state index in [9.17, 15) is 0 Å². The van der Waals surface area contributed by atoms with E-state index in [0.29, 0.717) is 16.9 Å². The second kappa shape index (κ2) is 5.05. The fourth-order valence-electron chi connectivity index (χ4n) is 2.46. The van der Waals surface area contributed by atoms with Crippen LogP contribution in [0.2, 0.25) is 5.15 Å². The molecule has 2 aromatic heterocycles. The number of anilines is 2. The molecule has 0 unspecified atom stereocenters. The highest BCUT2D eigenvalue weighted by molar-refractivity contribution is 6.29. The molecule has 0 saturated carbocycles. The van der Waals surface area contributed by atoms with Gasteiger partial charge in [-0.1, -0.05) is 11.6 Å². The number of nitrogens with two attached hydrogens (primary N) is 1. The van der Waals surface area contributed by atoms with Crippen molar-refractivity contribution in [1.82, 2.24) is 20.4 Å². The molecule has 0 spiro atoms. The molecule has 0 bridgehead atoms. The monoisotopic (exact) mass is 278 g/mol. The topological polar surface area (TPSA) is 83.7 Å². The second-order valence-electron chi connectivity index (χ2n) is 4.72. The molecule has 7 heteroatoms. The number of rotatable bonds is 2. The van der Waals surface area contributed by atoms with Crippen LogP contribution in [0, 0.1) is 0 Å². The summed E-state index contributed by atoms with van der Waals surface area (Å²) < 4.78 is 0. The van der Waals surface area contributed by atoms with Crippen molar-refractivity contribution < 1.29 is 0 Å². The van der Waals surface area contributed by atoms with E-state index in [-0.39, 0.29) is 0 Å². The van der Waals surface area contributed by atoms with E-state index in [1.807, 2.05) is 12.1 Å². The minimum absolute atomic E-state index is 0.423. The zero-order chi connectivity index (χ0) is 13.2. The second-order valence-corrected chi connectivity index (χ2v) is 5.11. The van der Waals surface area contributed by atoms with E-state index >= 15 is 0 Å². The lowest BCUT2D eigenvalue weighted by Gasteiger charge is -2.31. The zero-order valence-corrected chi connectivity index (χ0v) is 11.1. The first-order valence-electron chi connectivity index (χ1n) is 6.27. The van der Waals surface area contributed by atoms with Gasteiger partial charge in [0.15, 0.2) is 11.0 Å². The number of nitrogen functional groups attached to an aromatic ring is 1. The van der Waals surface area contributed by atoms with Crippen LogP contribution in [0.15, 0.2) is 18.2 Å². The van der Waals surface area contributed by atoms with Gasteiger partial charge in [0, 0.05) is 30.8 Å². The highest BCUT2D eigenvalue weighted by atomic mass is 35.5. The van der Waals surface area contributed by atoms with Crippen molar-refractivity contribution in [2.75, 3.05) is 23.7 Å². The molecule has 1 aliphatic rings. The van der Waals surface area contributed by atoms with E-state index in [4.69, 9.17) is 17.3 Å². The van der Waals surface area contributed by atoms with E-state index in [1.54, 1.807) is 6.07 Å². The summed E-state index contributed by atoms with van der Waals surface area (Å²) in [6.45, 7) is 1.89. The Balaban J connectivity index is 1.64. The van der Waals surface area contributed by atoms with Gasteiger partial charge in [0.05, 0.1) is 0 Å². The number of nitrogens with zero attached hydrogens (tertiary/aromatic N) is 4. The molecule has 1 aliphatic heterocycles. The van der Waals surface area contributed by atoms with Crippen molar-refractivity contribution in [3.05, 3.63) is 29.0 Å². The van der Waals surface area contributed by atoms with Crippen LogP contribution < -0.4 is 10.6 Å². The quantitative estimate of drug-likeness (QED) is 0.875. The molecule has 3 rings (SSSR count). The first kappa shape index (κ1) is 12.2. The molecule has 2 aromatic rings. The Labute approximate surface area is 116 Å². The van der Waals surface area contributed by atoms with Gasteiger partial charge in [0.1, 0.15) is 5.82 Å². The summed E-state index contributed by atoms with van der Waals surface area (Å²) in [5.74, 6) is 1.93. The molecule has 3 N–H and O–H groups in total. The third-order valence-corrected chi connectivity index (χ3v) is 3.70. The number of nitrogens with one attached hydrogen (secondary N) is 1. The van der Waals surface area contributed by atoms with Gasteiger partial charge in [0.2, 0.25) is 0 Å². The van der Waals surface area contributed by atoms with Crippen LogP contribution in [0.1, 0.15) is 24.5 Å². The normalized spacial score (nSPS) is 16.8. The molecule has 1 fully saturated rings. The van der Waals surface area contributed by atoms with Crippen molar-refractivity contribution in [2.45, 2.75) is 18.8 Å². The highest BCUT2D eigenvalue weighted by Gasteiger charge is 2.22. The smallest absolute Gasteiger partial charge is 0.151 e. The van der Waals surface area contributed by atoms with Gasteiger partial charge in [-0.05, 0) is 25.0 Å². The van der Waals surface area contributed by atoms with E-state index in [0.717, 1.165) is 37.4 Å². The SMILES string of the molecule is Nc1cc(C2CCN(c3ccc(Cl)nn3)CC2)[nH]n1. The van der Waals surface area contributed by atoms with Crippen LogP contribution in [0.25, 0.3) is 0 Å². The number of halogens is 1. The van der Waals surface area contributed by atoms with E-state index in [1.165, 1.54) is 0 Å². The Hall–Kier alpha value is -1.82. The van der Waals surface area contributed by atoms with Gasteiger partial charge in [-0.15, -0.1) is 10.2 Å². The van der Waals surface area contributed by atoms with Gasteiger partial charge < -0.3 is 10.6 Å². The maximum atomic E-state index is 5.74. The van der Waals surface area contributed by atoms with Crippen molar-refractivity contribution in [3.8, 4) is 0 Å². The third kappa shape index (κ3) is 2.63. The molecule has 3 heterocycles. The Morgan fingerprint density at radius 3 is 2.63 bits per heavy atom. The van der Waals surface area contributed by atoms with Crippen LogP contribution in [0.4, 0.5) is 11.6 Å². The van der Waals surface area contributed by atoms with Gasteiger partial charge >= 0.3 is 0 Å². The molecule has 6 nitrogen and oxygen atoms in total. The zero-order valence-electron chi connectivity index (χ0n) is 10.4. The summed E-state index contributed by atoms with van der Waals surface area (Å²) in [6, 6.07) is 5.60. The van der Waals surface area contributed by atoms with Crippen molar-refractivity contribution >= 4 is 23.2 Å². The van der Waals surface area contributed by atoms with Crippen LogP contribution in [0.3, 0.4) is 0 Å². The maximum Gasteiger partial charge on any atom is 0.151 e. The van der Waals surface area contributed by atoms with E-state index < -0.39 is 0 Å². The average molecular weight is 279 g/mol. The summed E-state index contributed by atoms with van der Waals surface area (Å²) >= 11 is 5.74. The summed E-state index contributed by atoms with van der Waals surface area (Å²) in [5, 5.41) is 15.4. The maximum absolute atomic E-state index is 5.74. The Morgan fingerprint density at radius 1 is 1.26 bits per heavy atom. The standard InChI is InChI=1S/C12H15ClN6/c13-10-1-2-12(18-16-10)19-5-3-8(4-6-19)9-7-11(14)17-15-9/h1-2,7-8H,3-6H2,(H3,14,15,17). The number of hydrogen-bond donors (Lipinski definition) is 2. The predicted octanol–water partition coefficient (Wildman–Crippen LogP) is 1.82. The predicted molar refractivity (Wildman–Crippen MR) is 74.2 cm³/mol. The van der Waals surface area contributed by atoms with E-state index in [2.05, 4.69) is 25.3 Å². The molecular weight excluding hydrogens is 264 g/mol. The molecule has 0 radical (unpaired) electrons. The lowest BCUT2D eigenvalue weighted by Crippen LogP contribution is -2.33. The number of aromatic nitrogens is 4. The van der Waals surface area contributed by atoms with Gasteiger partial charge in [-0.25, -0.2) is 0 Å². The number of piperidine rings is 1. The summed E-state index contributed by atoms with van der Waals surface area (Å²) in [7, 11) is 0. The van der Waals surface area contributed by atoms with Gasteiger partial charge in [0.25, 0.3) is 0 Å². The Kier molecular flexibility index (Phi) is 3.25. The lowest BCUT2D eigenvalue weighted by molar-refractivity contribution is 0.492. The van der Waals surface area contributed by atoms with Gasteiger partial charge in [-0.3, -0.25) is 5.10 Å². The average Bonchev–Trinajstić information content (AvgIpc) is 2.87. The third-order valence-electron chi connectivity index (χ3n) is 3.49. The molecule has 1 saturated heterocycles. The molecule has 0 amide bonds. The summed E-state index contributed by atoms with van der Waals surface area (Å²) in [5.41, 5.74) is 6.76. The van der Waals surface area contributed by atoms with Crippen LogP contribution >= 0.6 is 11.6 Å². The molecule has 0 aromatic carbocycles. The fourth-order valence-corrected chi connectivity index (χ4v) is 2.56. The number of aromatic amines is 1. The summed E-state index contributed by atoms with van der Waals surface area (Å²) in [4.78, 5) is 2.22. The van der Waals surface area contributed by atoms with Crippen molar-refractivity contribution in [3.63, 3.8) is 0 Å². The highest BCUT2D eigenvalue weighted by Crippen LogP contribution is 2.29. The molecule has 0 atom stereocenters. The number of H-pyrrole nitrogens is 1.